The van der Waals surface area contributed by atoms with E-state index in [4.69, 9.17) is 11.6 Å². The number of hydrogen-bond acceptors (Lipinski definition) is 4. The maximum Gasteiger partial charge on any atom is 0.278 e. The van der Waals surface area contributed by atoms with Gasteiger partial charge in [0.25, 0.3) is 5.91 Å². The van der Waals surface area contributed by atoms with Crippen LogP contribution in [0, 0.1) is 0 Å². The van der Waals surface area contributed by atoms with E-state index in [0.29, 0.717) is 23.1 Å². The monoisotopic (exact) mass is 421 g/mol. The lowest BCUT2D eigenvalue weighted by Gasteiger charge is -2.18. The molecule has 0 saturated heterocycles. The quantitative estimate of drug-likeness (QED) is 0.574. The Kier molecular flexibility index (Phi) is 5.28. The molecule has 0 atom stereocenters. The van der Waals surface area contributed by atoms with Crippen LogP contribution in [0.2, 0.25) is 5.02 Å². The summed E-state index contributed by atoms with van der Waals surface area (Å²) >= 11 is 10.7. The minimum atomic E-state index is -0.163. The molecule has 122 valence electrons. The van der Waals surface area contributed by atoms with Crippen molar-refractivity contribution in [1.29, 1.82) is 0 Å². The number of halogens is 2. The Bertz CT molecular complexity index is 849. The van der Waals surface area contributed by atoms with Gasteiger partial charge in [-0.05, 0) is 47.1 Å². The number of amides is 1. The summed E-state index contributed by atoms with van der Waals surface area (Å²) in [5, 5.41) is 3.23. The molecule has 0 spiro atoms. The molecule has 1 aromatic carbocycles. The third kappa shape index (κ3) is 3.66. The third-order valence-electron chi connectivity index (χ3n) is 3.36. The molecule has 0 radical (unpaired) electrons. The van der Waals surface area contributed by atoms with E-state index in [-0.39, 0.29) is 5.91 Å². The van der Waals surface area contributed by atoms with Crippen molar-refractivity contribution in [2.24, 2.45) is 0 Å². The molecule has 0 bridgehead atoms. The van der Waals surface area contributed by atoms with Crippen molar-refractivity contribution < 1.29 is 4.79 Å². The molecule has 4 nitrogen and oxygen atoms in total. The number of pyridine rings is 1. The maximum absolute atomic E-state index is 12.8. The summed E-state index contributed by atoms with van der Waals surface area (Å²) in [6, 6.07) is 11.1. The minimum Gasteiger partial charge on any atom is -0.292 e. The summed E-state index contributed by atoms with van der Waals surface area (Å²) in [6.45, 7) is 2.43. The largest absolute Gasteiger partial charge is 0.292 e. The van der Waals surface area contributed by atoms with Gasteiger partial charge >= 0.3 is 0 Å². The van der Waals surface area contributed by atoms with Gasteiger partial charge in [0, 0.05) is 33.2 Å². The highest BCUT2D eigenvalue weighted by molar-refractivity contribution is 9.10. The molecular weight excluding hydrogens is 410 g/mol. The van der Waals surface area contributed by atoms with Gasteiger partial charge in [-0.2, -0.15) is 0 Å². The van der Waals surface area contributed by atoms with E-state index < -0.39 is 0 Å². The lowest BCUT2D eigenvalue weighted by Crippen LogP contribution is -2.31. The number of aromatic nitrogens is 2. The van der Waals surface area contributed by atoms with Crippen molar-refractivity contribution >= 4 is 50.6 Å². The van der Waals surface area contributed by atoms with Gasteiger partial charge in [-0.3, -0.25) is 9.69 Å². The Morgan fingerprint density at radius 3 is 2.62 bits per heavy atom. The molecule has 2 heterocycles. The predicted molar refractivity (Wildman–Crippen MR) is 102 cm³/mol. The number of thiazole rings is 1. The van der Waals surface area contributed by atoms with Crippen LogP contribution in [0.25, 0.3) is 10.6 Å². The number of carbonyl (C=O) groups is 1. The van der Waals surface area contributed by atoms with Gasteiger partial charge in [0.2, 0.25) is 0 Å². The highest BCUT2D eigenvalue weighted by Crippen LogP contribution is 2.26. The molecule has 0 unspecified atom stereocenters. The molecule has 0 fully saturated rings. The molecule has 2 aromatic heterocycles. The molecule has 0 N–H and O–H groups in total. The van der Waals surface area contributed by atoms with E-state index >= 15 is 0 Å². The lowest BCUT2D eigenvalue weighted by molar-refractivity contribution is 0.0983. The molecule has 0 aliphatic heterocycles. The van der Waals surface area contributed by atoms with Crippen molar-refractivity contribution in [3.8, 4) is 10.6 Å². The first-order valence-electron chi connectivity index (χ1n) is 7.23. The van der Waals surface area contributed by atoms with Gasteiger partial charge in [0.15, 0.2) is 0 Å². The Hall–Kier alpha value is -1.76. The number of hydrogen-bond donors (Lipinski definition) is 0. The summed E-state index contributed by atoms with van der Waals surface area (Å²) in [6.07, 6.45) is 1.67. The second-order valence-corrected chi connectivity index (χ2v) is 7.14. The average Bonchev–Trinajstić information content (AvgIpc) is 3.08. The minimum absolute atomic E-state index is 0.163. The molecule has 1 amide bonds. The average molecular weight is 423 g/mol. The number of nitrogens with zero attached hydrogens (tertiary/aromatic N) is 3. The fraction of sp³-hybridized carbons (Fsp3) is 0.118. The van der Waals surface area contributed by atoms with E-state index in [1.54, 1.807) is 22.5 Å². The van der Waals surface area contributed by atoms with Gasteiger partial charge in [-0.1, -0.05) is 23.7 Å². The summed E-state index contributed by atoms with van der Waals surface area (Å²) < 4.78 is 0.869. The first-order valence-corrected chi connectivity index (χ1v) is 9.28. The Labute approximate surface area is 157 Å². The molecule has 3 rings (SSSR count). The van der Waals surface area contributed by atoms with Gasteiger partial charge in [0.1, 0.15) is 16.5 Å². The predicted octanol–water partition coefficient (Wildman–Crippen LogP) is 5.29. The first kappa shape index (κ1) is 17.1. The van der Waals surface area contributed by atoms with E-state index in [1.165, 1.54) is 11.3 Å². The molecule has 0 aliphatic rings. The molecular formula is C17H13BrClN3OS. The zero-order valence-electron chi connectivity index (χ0n) is 12.7. The highest BCUT2D eigenvalue weighted by Gasteiger charge is 2.20. The van der Waals surface area contributed by atoms with Gasteiger partial charge in [-0.25, -0.2) is 9.97 Å². The van der Waals surface area contributed by atoms with Gasteiger partial charge in [-0.15, -0.1) is 11.3 Å². The van der Waals surface area contributed by atoms with E-state index in [2.05, 4.69) is 25.9 Å². The standard InChI is InChI=1S/C17H13BrClN3OS/c1-2-22(15-8-5-12(18)9-20-15)17(23)14-10-24-16(21-14)11-3-6-13(19)7-4-11/h3-10H,2H2,1H3. The second kappa shape index (κ2) is 7.42. The molecule has 24 heavy (non-hydrogen) atoms. The fourth-order valence-corrected chi connectivity index (χ4v) is 3.33. The number of carbonyl (C=O) groups excluding carboxylic acids is 1. The van der Waals surface area contributed by atoms with Crippen LogP contribution in [-0.4, -0.2) is 22.4 Å². The Morgan fingerprint density at radius 2 is 2.00 bits per heavy atom. The summed E-state index contributed by atoms with van der Waals surface area (Å²) in [5.41, 5.74) is 1.35. The smallest absolute Gasteiger partial charge is 0.278 e. The van der Waals surface area contributed by atoms with Crippen LogP contribution >= 0.6 is 38.9 Å². The van der Waals surface area contributed by atoms with Crippen LogP contribution in [0.3, 0.4) is 0 Å². The van der Waals surface area contributed by atoms with Crippen LogP contribution in [-0.2, 0) is 0 Å². The second-order valence-electron chi connectivity index (χ2n) is 4.93. The number of rotatable bonds is 4. The topological polar surface area (TPSA) is 46.1 Å². The number of anilines is 1. The first-order chi connectivity index (χ1) is 11.6. The SMILES string of the molecule is CCN(C(=O)c1csc(-c2ccc(Cl)cc2)n1)c1ccc(Br)cn1. The van der Waals surface area contributed by atoms with Crippen molar-refractivity contribution in [3.05, 3.63) is 63.2 Å². The van der Waals surface area contributed by atoms with Gasteiger partial charge < -0.3 is 0 Å². The van der Waals surface area contributed by atoms with Crippen molar-refractivity contribution in [2.45, 2.75) is 6.92 Å². The van der Waals surface area contributed by atoms with Crippen molar-refractivity contribution in [1.82, 2.24) is 9.97 Å². The van der Waals surface area contributed by atoms with E-state index in [0.717, 1.165) is 15.0 Å². The van der Waals surface area contributed by atoms with Crippen molar-refractivity contribution in [2.75, 3.05) is 11.4 Å². The normalized spacial score (nSPS) is 10.6. The van der Waals surface area contributed by atoms with Crippen LogP contribution in [0.15, 0.2) is 52.4 Å². The molecule has 0 aliphatic carbocycles. The molecule has 7 heteroatoms. The van der Waals surface area contributed by atoms with E-state index in [9.17, 15) is 4.79 Å². The lowest BCUT2D eigenvalue weighted by atomic mass is 10.2. The van der Waals surface area contributed by atoms with Gasteiger partial charge in [0.05, 0.1) is 0 Å². The zero-order chi connectivity index (χ0) is 17.1. The van der Waals surface area contributed by atoms with Crippen LogP contribution in [0.5, 0.6) is 0 Å². The summed E-state index contributed by atoms with van der Waals surface area (Å²) in [5.74, 6) is 0.440. The van der Waals surface area contributed by atoms with Crippen molar-refractivity contribution in [3.63, 3.8) is 0 Å². The fourth-order valence-electron chi connectivity index (χ4n) is 2.17. The van der Waals surface area contributed by atoms with Crippen LogP contribution in [0.4, 0.5) is 5.82 Å². The highest BCUT2D eigenvalue weighted by atomic mass is 79.9. The molecule has 0 saturated carbocycles. The Morgan fingerprint density at radius 1 is 1.25 bits per heavy atom. The number of benzene rings is 1. The van der Waals surface area contributed by atoms with E-state index in [1.807, 2.05) is 37.3 Å². The summed E-state index contributed by atoms with van der Waals surface area (Å²) in [7, 11) is 0. The third-order valence-corrected chi connectivity index (χ3v) is 4.98. The molecule has 3 aromatic rings. The summed E-state index contributed by atoms with van der Waals surface area (Å²) in [4.78, 5) is 23.1. The van der Waals surface area contributed by atoms with Crippen LogP contribution in [0.1, 0.15) is 17.4 Å². The zero-order valence-corrected chi connectivity index (χ0v) is 15.9. The van der Waals surface area contributed by atoms with Crippen LogP contribution < -0.4 is 4.90 Å². The Balaban J connectivity index is 1.86. The maximum atomic E-state index is 12.8.